The van der Waals surface area contributed by atoms with Crippen LogP contribution < -0.4 is 0 Å². The summed E-state index contributed by atoms with van der Waals surface area (Å²) in [7, 11) is 3.28. The lowest BCUT2D eigenvalue weighted by Crippen LogP contribution is -2.48. The summed E-state index contributed by atoms with van der Waals surface area (Å²) < 4.78 is 4.77. The van der Waals surface area contributed by atoms with Crippen molar-refractivity contribution in [2.24, 2.45) is 0 Å². The predicted molar refractivity (Wildman–Crippen MR) is 61.8 cm³/mol. The molecule has 0 N–H and O–H groups in total. The Morgan fingerprint density at radius 1 is 1.50 bits per heavy atom. The monoisotopic (exact) mass is 222 g/mol. The van der Waals surface area contributed by atoms with Crippen molar-refractivity contribution in [3.8, 4) is 0 Å². The van der Waals surface area contributed by atoms with Crippen LogP contribution in [-0.2, 0) is 16.1 Å². The number of methoxy groups -OCH3 is 1. The Kier molecular flexibility index (Phi) is 4.01. The summed E-state index contributed by atoms with van der Waals surface area (Å²) in [6, 6.07) is 5.74. The highest BCUT2D eigenvalue weighted by Gasteiger charge is 2.33. The minimum atomic E-state index is -0.647. The van der Waals surface area contributed by atoms with Gasteiger partial charge in [-0.1, -0.05) is 6.07 Å². The number of nitrogens with zero attached hydrogens (tertiary/aromatic N) is 2. The first-order valence-corrected chi connectivity index (χ1v) is 5.18. The zero-order valence-electron chi connectivity index (χ0n) is 10.2. The Balaban J connectivity index is 2.72. The molecule has 0 saturated carbocycles. The molecule has 0 aliphatic heterocycles. The van der Waals surface area contributed by atoms with Gasteiger partial charge in [-0.05, 0) is 33.0 Å². The average Bonchev–Trinajstić information content (AvgIpc) is 2.29. The van der Waals surface area contributed by atoms with E-state index in [1.165, 1.54) is 7.11 Å². The first kappa shape index (κ1) is 12.6. The van der Waals surface area contributed by atoms with Gasteiger partial charge in [0.15, 0.2) is 0 Å². The fourth-order valence-electron chi connectivity index (χ4n) is 1.34. The third-order valence-electron chi connectivity index (χ3n) is 2.76. The van der Waals surface area contributed by atoms with E-state index in [0.29, 0.717) is 6.54 Å². The van der Waals surface area contributed by atoms with Crippen molar-refractivity contribution < 1.29 is 9.53 Å². The maximum absolute atomic E-state index is 11.6. The Morgan fingerprint density at radius 2 is 2.19 bits per heavy atom. The number of aromatic nitrogens is 1. The largest absolute Gasteiger partial charge is 0.468 e. The van der Waals surface area contributed by atoms with E-state index in [2.05, 4.69) is 4.98 Å². The fraction of sp³-hybridized carbons (Fsp3) is 0.500. The number of carbonyl (C=O) groups excluding carboxylic acids is 1. The number of ether oxygens (including phenoxy) is 1. The van der Waals surface area contributed by atoms with Gasteiger partial charge >= 0.3 is 5.97 Å². The standard InChI is InChI=1S/C12H18N2O2/c1-12(2,11(15)16-4)14(3)9-10-7-5-6-8-13-10/h5-8H,9H2,1-4H3. The molecule has 0 spiro atoms. The van der Waals surface area contributed by atoms with Crippen LogP contribution in [0.25, 0.3) is 0 Å². The van der Waals surface area contributed by atoms with E-state index >= 15 is 0 Å². The van der Waals surface area contributed by atoms with E-state index in [9.17, 15) is 4.79 Å². The van der Waals surface area contributed by atoms with Gasteiger partial charge in [0.25, 0.3) is 0 Å². The van der Waals surface area contributed by atoms with Crippen LogP contribution in [0.15, 0.2) is 24.4 Å². The van der Waals surface area contributed by atoms with Gasteiger partial charge in [0.2, 0.25) is 0 Å². The number of carbonyl (C=O) groups is 1. The number of pyridine rings is 1. The van der Waals surface area contributed by atoms with Crippen LogP contribution in [0.4, 0.5) is 0 Å². The average molecular weight is 222 g/mol. The zero-order chi connectivity index (χ0) is 12.2. The van der Waals surface area contributed by atoms with Gasteiger partial charge in [-0.25, -0.2) is 0 Å². The van der Waals surface area contributed by atoms with Crippen LogP contribution in [-0.4, -0.2) is 35.5 Å². The van der Waals surface area contributed by atoms with E-state index in [1.54, 1.807) is 6.20 Å². The number of likely N-dealkylation sites (N-methyl/N-ethyl adjacent to an activating group) is 1. The molecule has 1 heterocycles. The van der Waals surface area contributed by atoms with E-state index < -0.39 is 5.54 Å². The van der Waals surface area contributed by atoms with Crippen LogP contribution in [0.3, 0.4) is 0 Å². The highest BCUT2D eigenvalue weighted by Crippen LogP contribution is 2.16. The molecule has 0 bridgehead atoms. The van der Waals surface area contributed by atoms with Crippen LogP contribution in [0.1, 0.15) is 19.5 Å². The highest BCUT2D eigenvalue weighted by atomic mass is 16.5. The van der Waals surface area contributed by atoms with E-state index in [-0.39, 0.29) is 5.97 Å². The number of rotatable bonds is 4. The van der Waals surface area contributed by atoms with Crippen molar-refractivity contribution in [1.82, 2.24) is 9.88 Å². The van der Waals surface area contributed by atoms with Gasteiger partial charge in [-0.2, -0.15) is 0 Å². The van der Waals surface area contributed by atoms with Crippen LogP contribution in [0, 0.1) is 0 Å². The first-order chi connectivity index (χ1) is 7.48. The second kappa shape index (κ2) is 5.07. The Bertz CT molecular complexity index is 349. The number of hydrogen-bond donors (Lipinski definition) is 0. The molecule has 16 heavy (non-hydrogen) atoms. The number of hydrogen-bond acceptors (Lipinski definition) is 4. The predicted octanol–water partition coefficient (Wildman–Crippen LogP) is 1.46. The quantitative estimate of drug-likeness (QED) is 0.723. The molecule has 0 amide bonds. The maximum atomic E-state index is 11.6. The summed E-state index contributed by atoms with van der Waals surface area (Å²) >= 11 is 0. The molecule has 0 aliphatic rings. The van der Waals surface area contributed by atoms with Crippen molar-refractivity contribution in [2.45, 2.75) is 25.9 Å². The molecule has 0 unspecified atom stereocenters. The molecule has 1 rings (SSSR count). The second-order valence-corrected chi connectivity index (χ2v) is 4.23. The van der Waals surface area contributed by atoms with Gasteiger partial charge in [-0.3, -0.25) is 14.7 Å². The topological polar surface area (TPSA) is 42.4 Å². The maximum Gasteiger partial charge on any atom is 0.325 e. The summed E-state index contributed by atoms with van der Waals surface area (Å²) in [4.78, 5) is 17.7. The van der Waals surface area contributed by atoms with Gasteiger partial charge in [-0.15, -0.1) is 0 Å². The minimum absolute atomic E-state index is 0.245. The summed E-state index contributed by atoms with van der Waals surface area (Å²) in [6.45, 7) is 4.28. The Morgan fingerprint density at radius 3 is 2.69 bits per heavy atom. The molecule has 4 heteroatoms. The molecule has 4 nitrogen and oxygen atoms in total. The van der Waals surface area contributed by atoms with Gasteiger partial charge < -0.3 is 4.74 Å². The fourth-order valence-corrected chi connectivity index (χ4v) is 1.34. The lowest BCUT2D eigenvalue weighted by molar-refractivity contribution is -0.152. The van der Waals surface area contributed by atoms with Crippen LogP contribution in [0.2, 0.25) is 0 Å². The summed E-state index contributed by atoms with van der Waals surface area (Å²) in [5.74, 6) is -0.245. The van der Waals surface area contributed by atoms with Crippen molar-refractivity contribution in [3.05, 3.63) is 30.1 Å². The zero-order valence-corrected chi connectivity index (χ0v) is 10.2. The third kappa shape index (κ3) is 2.79. The molecule has 0 aromatic carbocycles. The van der Waals surface area contributed by atoms with Crippen molar-refractivity contribution >= 4 is 5.97 Å². The smallest absolute Gasteiger partial charge is 0.325 e. The molecule has 1 aromatic rings. The van der Waals surface area contributed by atoms with Crippen molar-refractivity contribution in [1.29, 1.82) is 0 Å². The lowest BCUT2D eigenvalue weighted by atomic mass is 10.0. The van der Waals surface area contributed by atoms with Gasteiger partial charge in [0.05, 0.1) is 12.8 Å². The number of esters is 1. The molecule has 0 radical (unpaired) electrons. The highest BCUT2D eigenvalue weighted by molar-refractivity contribution is 5.79. The van der Waals surface area contributed by atoms with Gasteiger partial charge in [0.1, 0.15) is 5.54 Å². The molecule has 0 atom stereocenters. The van der Waals surface area contributed by atoms with E-state index in [4.69, 9.17) is 4.74 Å². The summed E-state index contributed by atoms with van der Waals surface area (Å²) in [5, 5.41) is 0. The van der Waals surface area contributed by atoms with Crippen LogP contribution in [0.5, 0.6) is 0 Å². The lowest BCUT2D eigenvalue weighted by Gasteiger charge is -2.32. The van der Waals surface area contributed by atoms with E-state index in [0.717, 1.165) is 5.69 Å². The molecule has 0 aliphatic carbocycles. The Labute approximate surface area is 96.2 Å². The van der Waals surface area contributed by atoms with Crippen molar-refractivity contribution in [3.63, 3.8) is 0 Å². The molecule has 88 valence electrons. The minimum Gasteiger partial charge on any atom is -0.468 e. The molecule has 0 fully saturated rings. The molecule has 1 aromatic heterocycles. The summed E-state index contributed by atoms with van der Waals surface area (Å²) in [5.41, 5.74) is 0.286. The molecular formula is C12H18N2O2. The van der Waals surface area contributed by atoms with Gasteiger partial charge in [0, 0.05) is 12.7 Å². The van der Waals surface area contributed by atoms with Crippen LogP contribution >= 0.6 is 0 Å². The molecular weight excluding hydrogens is 204 g/mol. The van der Waals surface area contributed by atoms with E-state index in [1.807, 2.05) is 44.0 Å². The summed E-state index contributed by atoms with van der Waals surface area (Å²) in [6.07, 6.45) is 1.74. The Hall–Kier alpha value is -1.42. The first-order valence-electron chi connectivity index (χ1n) is 5.18. The SMILES string of the molecule is COC(=O)C(C)(C)N(C)Cc1ccccn1. The normalized spacial score (nSPS) is 11.6. The third-order valence-corrected chi connectivity index (χ3v) is 2.76. The molecule has 0 saturated heterocycles. The second-order valence-electron chi connectivity index (χ2n) is 4.23. The van der Waals surface area contributed by atoms with Crippen molar-refractivity contribution in [2.75, 3.05) is 14.2 Å².